The fraction of sp³-hybridized carbons (Fsp3) is 0.250. The van der Waals surface area contributed by atoms with Crippen molar-refractivity contribution in [2.45, 2.75) is 30.2 Å². The molecule has 1 fully saturated rings. The Morgan fingerprint density at radius 1 is 0.929 bits per heavy atom. The summed E-state index contributed by atoms with van der Waals surface area (Å²) in [6, 6.07) is 26.3. The molecule has 0 aliphatic carbocycles. The molecule has 2 aromatic heterocycles. The zero-order valence-corrected chi connectivity index (χ0v) is 23.0. The lowest BCUT2D eigenvalue weighted by Gasteiger charge is -2.37. The first-order valence-corrected chi connectivity index (χ1v) is 13.5. The first kappa shape index (κ1) is 27.6. The number of benzene rings is 3. The number of halogens is 1. The number of aliphatic hydroxyl groups excluding tert-OH is 1. The molecule has 0 saturated carbocycles. The Labute approximate surface area is 241 Å². The molecule has 3 heterocycles. The Hall–Kier alpha value is -4.51. The van der Waals surface area contributed by atoms with Gasteiger partial charge in [0.2, 0.25) is 0 Å². The van der Waals surface area contributed by atoms with Crippen molar-refractivity contribution in [3.63, 3.8) is 0 Å². The monoisotopic (exact) mass is 571 g/mol. The molecule has 0 unspecified atom stereocenters. The number of hydrogen-bond donors (Lipinski definition) is 2. The van der Waals surface area contributed by atoms with Crippen LogP contribution < -0.4 is 15.0 Å². The van der Waals surface area contributed by atoms with Crippen molar-refractivity contribution in [3.05, 3.63) is 124 Å². The van der Waals surface area contributed by atoms with E-state index in [1.165, 1.54) is 17.1 Å². The molecule has 216 valence electrons. The SMILES string of the molecule is COc1ccc(C(OC[C@H]2O[C@@H](n3cnc4c(=O)[nH]ccc43)[C@H](O)[C@@H]2F)(c2ccccc2)c2ccc(OC)cc2)cc1. The molecule has 1 aliphatic rings. The summed E-state index contributed by atoms with van der Waals surface area (Å²) in [7, 11) is 3.19. The smallest absolute Gasteiger partial charge is 0.276 e. The number of ether oxygens (including phenoxy) is 4. The molecular formula is C32H30FN3O6. The number of nitrogens with one attached hydrogen (secondary N) is 1. The Morgan fingerprint density at radius 3 is 2.12 bits per heavy atom. The van der Waals surface area contributed by atoms with Gasteiger partial charge in [-0.3, -0.25) is 4.79 Å². The van der Waals surface area contributed by atoms with Crippen molar-refractivity contribution >= 4 is 11.0 Å². The second-order valence-electron chi connectivity index (χ2n) is 10.0. The highest BCUT2D eigenvalue weighted by Gasteiger charge is 2.47. The van der Waals surface area contributed by atoms with Gasteiger partial charge in [0.05, 0.1) is 32.7 Å². The second-order valence-corrected chi connectivity index (χ2v) is 10.0. The zero-order chi connectivity index (χ0) is 29.3. The lowest BCUT2D eigenvalue weighted by atomic mass is 9.80. The van der Waals surface area contributed by atoms with Gasteiger partial charge >= 0.3 is 0 Å². The van der Waals surface area contributed by atoms with Gasteiger partial charge in [-0.05, 0) is 47.0 Å². The third-order valence-corrected chi connectivity index (χ3v) is 7.70. The Morgan fingerprint density at radius 2 is 1.52 bits per heavy atom. The number of alkyl halides is 1. The fourth-order valence-corrected chi connectivity index (χ4v) is 5.53. The molecule has 5 aromatic rings. The maximum Gasteiger partial charge on any atom is 0.276 e. The topological polar surface area (TPSA) is 108 Å². The van der Waals surface area contributed by atoms with Crippen LogP contribution in [0, 0.1) is 0 Å². The van der Waals surface area contributed by atoms with Crippen LogP contribution in [0.15, 0.2) is 102 Å². The van der Waals surface area contributed by atoms with E-state index in [0.717, 1.165) is 16.7 Å². The minimum atomic E-state index is -1.77. The number of aliphatic hydroxyl groups is 1. The van der Waals surface area contributed by atoms with Gasteiger partial charge < -0.3 is 33.6 Å². The number of imidazole rings is 1. The predicted octanol–water partition coefficient (Wildman–Crippen LogP) is 4.35. The molecule has 4 atom stereocenters. The Kier molecular flexibility index (Phi) is 7.51. The number of nitrogens with zero attached hydrogens (tertiary/aromatic N) is 2. The van der Waals surface area contributed by atoms with E-state index < -0.39 is 30.2 Å². The molecule has 0 amide bonds. The summed E-state index contributed by atoms with van der Waals surface area (Å²) < 4.78 is 40.8. The largest absolute Gasteiger partial charge is 0.497 e. The number of fused-ring (bicyclic) bond motifs is 1. The average molecular weight is 572 g/mol. The molecule has 1 aliphatic heterocycles. The lowest BCUT2D eigenvalue weighted by molar-refractivity contribution is -0.0892. The van der Waals surface area contributed by atoms with Crippen molar-refractivity contribution in [2.75, 3.05) is 20.8 Å². The van der Waals surface area contributed by atoms with E-state index in [1.807, 2.05) is 78.9 Å². The zero-order valence-electron chi connectivity index (χ0n) is 23.0. The molecule has 1 saturated heterocycles. The first-order chi connectivity index (χ1) is 20.5. The summed E-state index contributed by atoms with van der Waals surface area (Å²) in [6.07, 6.45) is -2.67. The molecule has 10 heteroatoms. The number of aromatic nitrogens is 3. The highest BCUT2D eigenvalue weighted by molar-refractivity contribution is 5.73. The molecule has 6 rings (SSSR count). The van der Waals surface area contributed by atoms with Gasteiger partial charge in [0.25, 0.3) is 5.56 Å². The summed E-state index contributed by atoms with van der Waals surface area (Å²) in [6.45, 7) is -0.200. The molecule has 3 aromatic carbocycles. The Balaban J connectivity index is 1.39. The first-order valence-electron chi connectivity index (χ1n) is 13.5. The van der Waals surface area contributed by atoms with Crippen LogP contribution in [0.1, 0.15) is 22.9 Å². The highest BCUT2D eigenvalue weighted by Crippen LogP contribution is 2.43. The lowest BCUT2D eigenvalue weighted by Crippen LogP contribution is -2.38. The molecule has 2 N–H and O–H groups in total. The van der Waals surface area contributed by atoms with Gasteiger partial charge in [0.15, 0.2) is 17.9 Å². The molecule has 9 nitrogen and oxygen atoms in total. The minimum Gasteiger partial charge on any atom is -0.497 e. The van der Waals surface area contributed by atoms with Gasteiger partial charge in [-0.15, -0.1) is 0 Å². The summed E-state index contributed by atoms with van der Waals surface area (Å²) in [4.78, 5) is 18.9. The van der Waals surface area contributed by atoms with E-state index in [-0.39, 0.29) is 17.7 Å². The highest BCUT2D eigenvalue weighted by atomic mass is 19.1. The third kappa shape index (κ3) is 4.73. The molecule has 0 bridgehead atoms. The summed E-state index contributed by atoms with van der Waals surface area (Å²) >= 11 is 0. The van der Waals surface area contributed by atoms with Crippen LogP contribution >= 0.6 is 0 Å². The summed E-state index contributed by atoms with van der Waals surface area (Å²) in [5.41, 5.74) is 1.40. The van der Waals surface area contributed by atoms with Gasteiger partial charge in [-0.2, -0.15) is 0 Å². The fourth-order valence-electron chi connectivity index (χ4n) is 5.53. The number of pyridine rings is 1. The van der Waals surface area contributed by atoms with Crippen LogP contribution in [0.3, 0.4) is 0 Å². The quantitative estimate of drug-likeness (QED) is 0.253. The molecule has 0 radical (unpaired) electrons. The maximum absolute atomic E-state index is 15.7. The van der Waals surface area contributed by atoms with Gasteiger partial charge in [0, 0.05) is 6.20 Å². The van der Waals surface area contributed by atoms with E-state index in [1.54, 1.807) is 20.3 Å². The Bertz CT molecular complexity index is 1660. The van der Waals surface area contributed by atoms with Crippen LogP contribution in [-0.4, -0.2) is 58.8 Å². The van der Waals surface area contributed by atoms with Crippen molar-refractivity contribution in [2.24, 2.45) is 0 Å². The van der Waals surface area contributed by atoms with Crippen LogP contribution in [-0.2, 0) is 15.1 Å². The van der Waals surface area contributed by atoms with Crippen molar-refractivity contribution in [1.82, 2.24) is 14.5 Å². The standard InChI is InChI=1S/C32H30FN3O6/c1-39-23-12-8-21(9-13-23)32(20-6-4-3-5-7-20,22-10-14-24(40-2)15-11-22)41-18-26-27(33)29(37)31(42-26)36-19-35-28-25(36)16-17-34-30(28)38/h3-17,19,26-27,29,31,37H,18H2,1-2H3,(H,34,38)/t26-,27-,29-,31-/m1/s1. The molecular weight excluding hydrogens is 541 g/mol. The van der Waals surface area contributed by atoms with E-state index in [9.17, 15) is 9.90 Å². The molecule has 42 heavy (non-hydrogen) atoms. The van der Waals surface area contributed by atoms with Crippen LogP contribution in [0.2, 0.25) is 0 Å². The van der Waals surface area contributed by atoms with Crippen LogP contribution in [0.25, 0.3) is 11.0 Å². The van der Waals surface area contributed by atoms with Crippen molar-refractivity contribution in [3.8, 4) is 11.5 Å². The van der Waals surface area contributed by atoms with E-state index in [4.69, 9.17) is 18.9 Å². The van der Waals surface area contributed by atoms with Crippen LogP contribution in [0.5, 0.6) is 11.5 Å². The molecule has 0 spiro atoms. The van der Waals surface area contributed by atoms with Crippen LogP contribution in [0.4, 0.5) is 4.39 Å². The van der Waals surface area contributed by atoms with Gasteiger partial charge in [-0.25, -0.2) is 9.37 Å². The number of aromatic amines is 1. The number of H-pyrrole nitrogens is 1. The van der Waals surface area contributed by atoms with E-state index in [2.05, 4.69) is 9.97 Å². The summed E-state index contributed by atoms with van der Waals surface area (Å²) in [5.74, 6) is 1.35. The third-order valence-electron chi connectivity index (χ3n) is 7.70. The van der Waals surface area contributed by atoms with Crippen molar-refractivity contribution < 1.29 is 28.4 Å². The normalized spacial score (nSPS) is 20.6. The van der Waals surface area contributed by atoms with E-state index in [0.29, 0.717) is 17.0 Å². The van der Waals surface area contributed by atoms with Gasteiger partial charge in [-0.1, -0.05) is 54.6 Å². The number of rotatable bonds is 9. The van der Waals surface area contributed by atoms with E-state index >= 15 is 4.39 Å². The maximum atomic E-state index is 15.7. The summed E-state index contributed by atoms with van der Waals surface area (Å²) in [5, 5.41) is 10.9. The predicted molar refractivity (Wildman–Crippen MR) is 153 cm³/mol. The number of hydrogen-bond acceptors (Lipinski definition) is 7. The van der Waals surface area contributed by atoms with Crippen molar-refractivity contribution in [1.29, 1.82) is 0 Å². The van der Waals surface area contributed by atoms with Gasteiger partial charge in [0.1, 0.15) is 29.3 Å². The minimum absolute atomic E-state index is 0.172. The average Bonchev–Trinajstić information content (AvgIpc) is 3.59. The number of methoxy groups -OCH3 is 2. The second kappa shape index (κ2) is 11.4.